The average molecular weight is 262 g/mol. The highest BCUT2D eigenvalue weighted by Crippen LogP contribution is 2.34. The number of hydrogen-bond acceptors (Lipinski definition) is 3. The average Bonchev–Trinajstić information content (AvgIpc) is 2.32. The minimum Gasteiger partial charge on any atom is -0.496 e. The highest BCUT2D eigenvalue weighted by atomic mass is 16.5. The zero-order chi connectivity index (χ0) is 14.0. The molecule has 106 valence electrons. The van der Waals surface area contributed by atoms with E-state index in [1.807, 2.05) is 0 Å². The zero-order valence-electron chi connectivity index (χ0n) is 12.5. The Morgan fingerprint density at radius 3 is 2.53 bits per heavy atom. The van der Waals surface area contributed by atoms with Crippen LogP contribution in [-0.2, 0) is 5.41 Å². The van der Waals surface area contributed by atoms with Gasteiger partial charge in [0.1, 0.15) is 5.75 Å². The summed E-state index contributed by atoms with van der Waals surface area (Å²) in [5.41, 5.74) is 8.31. The molecule has 3 N–H and O–H groups in total. The maximum Gasteiger partial charge on any atom is 0.122 e. The number of benzene rings is 1. The van der Waals surface area contributed by atoms with Gasteiger partial charge in [-0.3, -0.25) is 0 Å². The predicted molar refractivity (Wildman–Crippen MR) is 80.9 cm³/mol. The van der Waals surface area contributed by atoms with E-state index in [2.05, 4.69) is 44.3 Å². The number of ether oxygens (including phenoxy) is 1. The third-order valence-electron chi connectivity index (χ3n) is 3.87. The molecule has 0 saturated heterocycles. The van der Waals surface area contributed by atoms with Gasteiger partial charge in [0.2, 0.25) is 0 Å². The molecule has 1 fully saturated rings. The van der Waals surface area contributed by atoms with Gasteiger partial charge < -0.3 is 15.8 Å². The molecule has 0 spiro atoms. The summed E-state index contributed by atoms with van der Waals surface area (Å²) in [6, 6.07) is 6.77. The van der Waals surface area contributed by atoms with Crippen LogP contribution in [0.15, 0.2) is 18.2 Å². The van der Waals surface area contributed by atoms with Crippen LogP contribution < -0.4 is 15.8 Å². The van der Waals surface area contributed by atoms with Crippen molar-refractivity contribution >= 4 is 5.69 Å². The van der Waals surface area contributed by atoms with Crippen molar-refractivity contribution < 1.29 is 4.74 Å². The molecule has 3 nitrogen and oxygen atoms in total. The largest absolute Gasteiger partial charge is 0.496 e. The van der Waals surface area contributed by atoms with Crippen LogP contribution in [-0.4, -0.2) is 19.7 Å². The Balaban J connectivity index is 2.05. The number of hydrogen-bond donors (Lipinski definition) is 2. The van der Waals surface area contributed by atoms with Crippen molar-refractivity contribution in [2.24, 2.45) is 11.7 Å². The fraction of sp³-hybridized carbons (Fsp3) is 0.625. The molecule has 1 aromatic rings. The Bertz CT molecular complexity index is 431. The minimum atomic E-state index is 0.0852. The summed E-state index contributed by atoms with van der Waals surface area (Å²) in [5, 5.41) is 3.52. The molecule has 1 aliphatic carbocycles. The van der Waals surface area contributed by atoms with Gasteiger partial charge in [-0.15, -0.1) is 0 Å². The first-order valence-corrected chi connectivity index (χ1v) is 7.08. The quantitative estimate of drug-likeness (QED) is 0.876. The van der Waals surface area contributed by atoms with Gasteiger partial charge in [-0.1, -0.05) is 20.8 Å². The van der Waals surface area contributed by atoms with Gasteiger partial charge >= 0.3 is 0 Å². The van der Waals surface area contributed by atoms with Crippen LogP contribution in [0.3, 0.4) is 0 Å². The molecular weight excluding hydrogens is 236 g/mol. The van der Waals surface area contributed by atoms with E-state index < -0.39 is 0 Å². The highest BCUT2D eigenvalue weighted by Gasteiger charge is 2.25. The number of methoxy groups -OCH3 is 1. The van der Waals surface area contributed by atoms with E-state index in [0.717, 1.165) is 31.1 Å². The molecule has 2 rings (SSSR count). The second-order valence-electron chi connectivity index (χ2n) is 6.64. The lowest BCUT2D eigenvalue weighted by Gasteiger charge is -2.33. The lowest BCUT2D eigenvalue weighted by Crippen LogP contribution is -2.39. The normalized spacial score (nSPS) is 22.8. The van der Waals surface area contributed by atoms with Gasteiger partial charge in [0, 0.05) is 23.8 Å². The van der Waals surface area contributed by atoms with Gasteiger partial charge in [0.25, 0.3) is 0 Å². The van der Waals surface area contributed by atoms with Crippen LogP contribution in [0, 0.1) is 5.92 Å². The Morgan fingerprint density at radius 2 is 2.00 bits per heavy atom. The van der Waals surface area contributed by atoms with Crippen molar-refractivity contribution in [1.82, 2.24) is 0 Å². The second-order valence-corrected chi connectivity index (χ2v) is 6.64. The number of rotatable bonds is 4. The molecule has 0 bridgehead atoms. The van der Waals surface area contributed by atoms with E-state index in [9.17, 15) is 0 Å². The van der Waals surface area contributed by atoms with E-state index in [1.54, 1.807) is 7.11 Å². The molecule has 0 radical (unpaired) electrons. The first-order chi connectivity index (χ1) is 8.90. The minimum absolute atomic E-state index is 0.0852. The summed E-state index contributed by atoms with van der Waals surface area (Å²) in [5.74, 6) is 1.69. The van der Waals surface area contributed by atoms with E-state index in [4.69, 9.17) is 10.5 Å². The van der Waals surface area contributed by atoms with Crippen molar-refractivity contribution in [2.45, 2.75) is 45.1 Å². The zero-order valence-corrected chi connectivity index (χ0v) is 12.5. The predicted octanol–water partition coefficient (Wildman–Crippen LogP) is 3.14. The number of nitrogens with two attached hydrogens (primary N) is 1. The molecule has 0 atom stereocenters. The molecule has 0 unspecified atom stereocenters. The van der Waals surface area contributed by atoms with Crippen molar-refractivity contribution in [3.05, 3.63) is 23.8 Å². The van der Waals surface area contributed by atoms with Crippen LogP contribution >= 0.6 is 0 Å². The summed E-state index contributed by atoms with van der Waals surface area (Å²) in [6.45, 7) is 7.64. The van der Waals surface area contributed by atoms with Crippen LogP contribution in [0.1, 0.15) is 39.2 Å². The van der Waals surface area contributed by atoms with Gasteiger partial charge in [-0.25, -0.2) is 0 Å². The van der Waals surface area contributed by atoms with Gasteiger partial charge in [-0.05, 0) is 42.4 Å². The Hall–Kier alpha value is -1.22. The molecule has 0 aromatic heterocycles. The lowest BCUT2D eigenvalue weighted by molar-refractivity contribution is 0.280. The Kier molecular flexibility index (Phi) is 4.04. The van der Waals surface area contributed by atoms with Crippen molar-refractivity contribution in [3.63, 3.8) is 0 Å². The van der Waals surface area contributed by atoms with E-state index in [0.29, 0.717) is 6.04 Å². The van der Waals surface area contributed by atoms with Crippen LogP contribution in [0.25, 0.3) is 0 Å². The summed E-state index contributed by atoms with van der Waals surface area (Å²) in [4.78, 5) is 0. The standard InChI is InChI=1S/C16H26N2O/c1-16(2,3)14-9-13(5-6-15(14)19-4)18-10-11-7-12(17)8-11/h5-6,9,11-12,18H,7-8,10,17H2,1-4H3. The van der Waals surface area contributed by atoms with Crippen LogP contribution in [0.4, 0.5) is 5.69 Å². The Labute approximate surface area is 116 Å². The summed E-state index contributed by atoms with van der Waals surface area (Å²) in [7, 11) is 1.73. The van der Waals surface area contributed by atoms with Gasteiger partial charge in [0.15, 0.2) is 0 Å². The van der Waals surface area contributed by atoms with Crippen molar-refractivity contribution in [1.29, 1.82) is 0 Å². The highest BCUT2D eigenvalue weighted by molar-refractivity contribution is 5.53. The lowest BCUT2D eigenvalue weighted by atomic mass is 9.81. The smallest absolute Gasteiger partial charge is 0.122 e. The number of anilines is 1. The SMILES string of the molecule is COc1ccc(NCC2CC(N)C2)cc1C(C)(C)C. The molecule has 0 heterocycles. The Morgan fingerprint density at radius 1 is 1.32 bits per heavy atom. The molecule has 1 aromatic carbocycles. The molecular formula is C16H26N2O. The molecule has 0 aliphatic heterocycles. The first kappa shape index (κ1) is 14.2. The van der Waals surface area contributed by atoms with Crippen molar-refractivity contribution in [3.8, 4) is 5.75 Å². The fourth-order valence-electron chi connectivity index (χ4n) is 2.62. The summed E-state index contributed by atoms with van der Waals surface area (Å²) < 4.78 is 5.45. The molecule has 0 amide bonds. The van der Waals surface area contributed by atoms with Gasteiger partial charge in [0.05, 0.1) is 7.11 Å². The van der Waals surface area contributed by atoms with E-state index >= 15 is 0 Å². The van der Waals surface area contributed by atoms with E-state index in [-0.39, 0.29) is 5.41 Å². The van der Waals surface area contributed by atoms with E-state index in [1.165, 1.54) is 11.3 Å². The topological polar surface area (TPSA) is 47.3 Å². The molecule has 19 heavy (non-hydrogen) atoms. The molecule has 1 saturated carbocycles. The second kappa shape index (κ2) is 5.41. The monoisotopic (exact) mass is 262 g/mol. The molecule has 3 heteroatoms. The maximum atomic E-state index is 5.81. The third kappa shape index (κ3) is 3.41. The van der Waals surface area contributed by atoms with Gasteiger partial charge in [-0.2, -0.15) is 0 Å². The first-order valence-electron chi connectivity index (χ1n) is 7.08. The third-order valence-corrected chi connectivity index (χ3v) is 3.87. The van der Waals surface area contributed by atoms with Crippen molar-refractivity contribution in [2.75, 3.05) is 19.0 Å². The number of nitrogens with one attached hydrogen (secondary N) is 1. The fourth-order valence-corrected chi connectivity index (χ4v) is 2.62. The summed E-state index contributed by atoms with van der Waals surface area (Å²) in [6.07, 6.45) is 2.30. The van der Waals surface area contributed by atoms with Crippen LogP contribution in [0.5, 0.6) is 5.75 Å². The molecule has 1 aliphatic rings. The van der Waals surface area contributed by atoms with Crippen LogP contribution in [0.2, 0.25) is 0 Å². The summed E-state index contributed by atoms with van der Waals surface area (Å²) >= 11 is 0. The maximum absolute atomic E-state index is 5.81.